The minimum absolute atomic E-state index is 0.0916. The van der Waals surface area contributed by atoms with E-state index < -0.39 is 0 Å². The van der Waals surface area contributed by atoms with Gasteiger partial charge in [-0.25, -0.2) is 0 Å². The number of aromatic nitrogens is 1. The number of pyridine rings is 1. The van der Waals surface area contributed by atoms with Crippen LogP contribution in [0, 0.1) is 25.2 Å². The summed E-state index contributed by atoms with van der Waals surface area (Å²) in [6.45, 7) is 7.57. The molecular formula is C11H14N2O. The van der Waals surface area contributed by atoms with Crippen molar-refractivity contribution < 1.29 is 0 Å². The molecule has 1 aromatic rings. The lowest BCUT2D eigenvalue weighted by atomic mass is 10.1. The van der Waals surface area contributed by atoms with Crippen LogP contribution in [0.2, 0.25) is 0 Å². The molecule has 3 heteroatoms. The highest BCUT2D eigenvalue weighted by Gasteiger charge is 2.10. The third kappa shape index (κ3) is 1.56. The van der Waals surface area contributed by atoms with Gasteiger partial charge in [-0.05, 0) is 38.8 Å². The number of rotatable bonds is 1. The molecule has 14 heavy (non-hydrogen) atoms. The first-order valence-corrected chi connectivity index (χ1v) is 4.61. The summed E-state index contributed by atoms with van der Waals surface area (Å²) in [5.41, 5.74) is 1.84. The molecule has 0 bridgehead atoms. The largest absolute Gasteiger partial charge is 0.312 e. The Labute approximate surface area is 83.6 Å². The molecule has 0 unspecified atom stereocenters. The maximum absolute atomic E-state index is 11.8. The normalized spacial score (nSPS) is 10.3. The van der Waals surface area contributed by atoms with E-state index in [1.807, 2.05) is 33.0 Å². The standard InChI is InChI=1S/C11H14N2O/c1-7(2)13-6-8(3)9(4)10(5-12)11(13)14/h6-7H,1-4H3. The van der Waals surface area contributed by atoms with E-state index in [9.17, 15) is 4.79 Å². The van der Waals surface area contributed by atoms with E-state index >= 15 is 0 Å². The fourth-order valence-electron chi connectivity index (χ4n) is 1.37. The lowest BCUT2D eigenvalue weighted by Crippen LogP contribution is -2.25. The first kappa shape index (κ1) is 10.5. The first-order valence-electron chi connectivity index (χ1n) is 4.61. The van der Waals surface area contributed by atoms with Gasteiger partial charge >= 0.3 is 0 Å². The van der Waals surface area contributed by atoms with Gasteiger partial charge in [0, 0.05) is 12.2 Å². The zero-order valence-electron chi connectivity index (χ0n) is 8.96. The molecule has 1 rings (SSSR count). The number of hydrogen-bond acceptors (Lipinski definition) is 2. The van der Waals surface area contributed by atoms with Crippen LogP contribution in [-0.4, -0.2) is 4.57 Å². The van der Waals surface area contributed by atoms with Crippen LogP contribution < -0.4 is 5.56 Å². The highest BCUT2D eigenvalue weighted by Crippen LogP contribution is 2.10. The van der Waals surface area contributed by atoms with Gasteiger partial charge in [-0.2, -0.15) is 5.26 Å². The molecule has 0 spiro atoms. The molecule has 74 valence electrons. The topological polar surface area (TPSA) is 45.8 Å². The van der Waals surface area contributed by atoms with Crippen molar-refractivity contribution in [3.8, 4) is 6.07 Å². The van der Waals surface area contributed by atoms with Gasteiger partial charge in [0.1, 0.15) is 11.6 Å². The van der Waals surface area contributed by atoms with E-state index in [1.165, 1.54) is 0 Å². The van der Waals surface area contributed by atoms with Gasteiger partial charge in [0.05, 0.1) is 0 Å². The van der Waals surface area contributed by atoms with E-state index in [2.05, 4.69) is 0 Å². The molecule has 0 N–H and O–H groups in total. The van der Waals surface area contributed by atoms with Gasteiger partial charge in [-0.1, -0.05) is 0 Å². The van der Waals surface area contributed by atoms with Crippen LogP contribution in [0.25, 0.3) is 0 Å². The van der Waals surface area contributed by atoms with Crippen molar-refractivity contribution in [3.05, 3.63) is 33.2 Å². The van der Waals surface area contributed by atoms with Crippen molar-refractivity contribution in [1.29, 1.82) is 5.26 Å². The zero-order valence-corrected chi connectivity index (χ0v) is 8.96. The highest BCUT2D eigenvalue weighted by atomic mass is 16.1. The van der Waals surface area contributed by atoms with Crippen LogP contribution >= 0.6 is 0 Å². The Balaban J connectivity index is 3.62. The minimum Gasteiger partial charge on any atom is -0.312 e. The molecule has 0 aliphatic carbocycles. The number of hydrogen-bond donors (Lipinski definition) is 0. The van der Waals surface area contributed by atoms with Crippen molar-refractivity contribution in [2.45, 2.75) is 33.7 Å². The Hall–Kier alpha value is -1.56. The third-order valence-electron chi connectivity index (χ3n) is 2.42. The quantitative estimate of drug-likeness (QED) is 0.679. The van der Waals surface area contributed by atoms with Crippen LogP contribution in [0.4, 0.5) is 0 Å². The zero-order chi connectivity index (χ0) is 10.9. The molecular weight excluding hydrogens is 176 g/mol. The summed E-state index contributed by atoms with van der Waals surface area (Å²) >= 11 is 0. The van der Waals surface area contributed by atoms with E-state index in [0.29, 0.717) is 0 Å². The van der Waals surface area contributed by atoms with E-state index in [-0.39, 0.29) is 17.2 Å². The van der Waals surface area contributed by atoms with Crippen LogP contribution in [0.15, 0.2) is 11.0 Å². The predicted molar refractivity (Wildman–Crippen MR) is 55.3 cm³/mol. The molecule has 0 atom stereocenters. The Bertz CT molecular complexity index is 450. The summed E-state index contributed by atoms with van der Waals surface area (Å²) in [5, 5.41) is 8.87. The van der Waals surface area contributed by atoms with Gasteiger partial charge in [-0.15, -0.1) is 0 Å². The minimum atomic E-state index is -0.189. The summed E-state index contributed by atoms with van der Waals surface area (Å²) < 4.78 is 1.60. The second-order valence-corrected chi connectivity index (χ2v) is 3.73. The Kier molecular flexibility index (Phi) is 2.76. The summed E-state index contributed by atoms with van der Waals surface area (Å²) in [6.07, 6.45) is 1.81. The van der Waals surface area contributed by atoms with Gasteiger partial charge in [0.15, 0.2) is 0 Å². The Morgan fingerprint density at radius 2 is 2.00 bits per heavy atom. The summed E-state index contributed by atoms with van der Waals surface area (Å²) in [6, 6.07) is 2.06. The fraction of sp³-hybridized carbons (Fsp3) is 0.455. The van der Waals surface area contributed by atoms with Crippen molar-refractivity contribution in [3.63, 3.8) is 0 Å². The molecule has 0 saturated carbocycles. The number of nitrogens with zero attached hydrogens (tertiary/aromatic N) is 2. The molecule has 0 aliphatic rings. The van der Waals surface area contributed by atoms with Crippen molar-refractivity contribution in [1.82, 2.24) is 4.57 Å². The van der Waals surface area contributed by atoms with E-state index in [4.69, 9.17) is 5.26 Å². The predicted octanol–water partition coefficient (Wildman–Crippen LogP) is 1.92. The highest BCUT2D eigenvalue weighted by molar-refractivity contribution is 5.39. The number of nitriles is 1. The van der Waals surface area contributed by atoms with Crippen LogP contribution in [0.1, 0.15) is 36.6 Å². The third-order valence-corrected chi connectivity index (χ3v) is 2.42. The maximum atomic E-state index is 11.8. The fourth-order valence-corrected chi connectivity index (χ4v) is 1.37. The smallest absolute Gasteiger partial charge is 0.268 e. The van der Waals surface area contributed by atoms with Crippen LogP contribution in [0.5, 0.6) is 0 Å². The van der Waals surface area contributed by atoms with Gasteiger partial charge in [-0.3, -0.25) is 4.79 Å². The molecule has 0 fully saturated rings. The van der Waals surface area contributed by atoms with Crippen molar-refractivity contribution in [2.75, 3.05) is 0 Å². The van der Waals surface area contributed by atoms with Gasteiger partial charge in [0.2, 0.25) is 0 Å². The lowest BCUT2D eigenvalue weighted by molar-refractivity contribution is 0.574. The van der Waals surface area contributed by atoms with E-state index in [0.717, 1.165) is 11.1 Å². The van der Waals surface area contributed by atoms with Crippen molar-refractivity contribution in [2.24, 2.45) is 0 Å². The first-order chi connectivity index (χ1) is 6.49. The SMILES string of the molecule is Cc1cn(C(C)C)c(=O)c(C#N)c1C. The number of aryl methyl sites for hydroxylation is 1. The van der Waals surface area contributed by atoms with Crippen LogP contribution in [-0.2, 0) is 0 Å². The Morgan fingerprint density at radius 3 is 2.43 bits per heavy atom. The van der Waals surface area contributed by atoms with Gasteiger partial charge < -0.3 is 4.57 Å². The molecule has 3 nitrogen and oxygen atoms in total. The molecule has 0 radical (unpaired) electrons. The average Bonchev–Trinajstić information content (AvgIpc) is 2.12. The molecule has 0 aromatic carbocycles. The summed E-state index contributed by atoms with van der Waals surface area (Å²) in [5.74, 6) is 0. The molecule has 1 aromatic heterocycles. The average molecular weight is 190 g/mol. The second-order valence-electron chi connectivity index (χ2n) is 3.73. The molecule has 0 aliphatic heterocycles. The molecule has 0 amide bonds. The maximum Gasteiger partial charge on any atom is 0.268 e. The Morgan fingerprint density at radius 1 is 1.43 bits per heavy atom. The van der Waals surface area contributed by atoms with E-state index in [1.54, 1.807) is 11.5 Å². The second kappa shape index (κ2) is 3.67. The lowest BCUT2D eigenvalue weighted by Gasteiger charge is -2.13. The molecule has 0 saturated heterocycles. The van der Waals surface area contributed by atoms with Gasteiger partial charge in [0.25, 0.3) is 5.56 Å². The monoisotopic (exact) mass is 190 g/mol. The summed E-state index contributed by atoms with van der Waals surface area (Å²) in [7, 11) is 0. The summed E-state index contributed by atoms with van der Waals surface area (Å²) in [4.78, 5) is 11.8. The molecule has 1 heterocycles. The van der Waals surface area contributed by atoms with Crippen molar-refractivity contribution >= 4 is 0 Å². The van der Waals surface area contributed by atoms with Crippen LogP contribution in [0.3, 0.4) is 0 Å².